The first-order chi connectivity index (χ1) is 14.7. The molecule has 0 heterocycles. The van der Waals surface area contributed by atoms with Crippen molar-refractivity contribution in [3.05, 3.63) is 0 Å². The van der Waals surface area contributed by atoms with Gasteiger partial charge in [-0.05, 0) is 80.5 Å². The molecule has 6 unspecified atom stereocenters. The zero-order valence-electron chi connectivity index (χ0n) is 21.1. The normalized spacial score (nSPS) is 41.4. The lowest BCUT2D eigenvalue weighted by molar-refractivity contribution is 0.0182. The van der Waals surface area contributed by atoms with Crippen molar-refractivity contribution in [3.63, 3.8) is 0 Å². The van der Waals surface area contributed by atoms with Crippen LogP contribution in [0.4, 0.5) is 0 Å². The van der Waals surface area contributed by atoms with Gasteiger partial charge in [-0.2, -0.15) is 0 Å². The van der Waals surface area contributed by atoms with E-state index in [-0.39, 0.29) is 7.09 Å². The predicted molar refractivity (Wildman–Crippen MR) is 155 cm³/mol. The second-order valence-electron chi connectivity index (χ2n) is 11.2. The fourth-order valence-corrected chi connectivity index (χ4v) is 10.2. The maximum atomic E-state index is 7.38. The molecule has 0 aromatic rings. The first-order valence-corrected chi connectivity index (χ1v) is 15.8. The summed E-state index contributed by atoms with van der Waals surface area (Å²) < 4.78 is -0.176. The van der Waals surface area contributed by atoms with Crippen LogP contribution in [0.25, 0.3) is 0 Å². The standard InChI is InChI=1S/C27H52I2N2/c1-5-9-17-24(15-7-3)19-11-13-22(26(24,28)30)21-23-14-12-20-25(16-8-4,18-10-6-2)27(23,29)31/h22-23H,5-21,30-31H2,1-4H3. The lowest BCUT2D eigenvalue weighted by Gasteiger charge is -2.57. The van der Waals surface area contributed by atoms with Crippen molar-refractivity contribution in [1.82, 2.24) is 0 Å². The molecule has 4 heteroatoms. The molecule has 2 nitrogen and oxygen atoms in total. The van der Waals surface area contributed by atoms with E-state index < -0.39 is 0 Å². The van der Waals surface area contributed by atoms with Crippen molar-refractivity contribution in [2.45, 2.75) is 144 Å². The SMILES string of the molecule is CCCCC1(CCC)CCCC(CC2CCCC(CCC)(CCCC)C2(N)I)C1(N)I. The molecule has 2 rings (SSSR count). The summed E-state index contributed by atoms with van der Waals surface area (Å²) in [5.74, 6) is 1.22. The zero-order chi connectivity index (χ0) is 23.2. The fourth-order valence-electron chi connectivity index (χ4n) is 7.47. The Morgan fingerprint density at radius 1 is 0.645 bits per heavy atom. The molecule has 0 saturated heterocycles. The highest BCUT2D eigenvalue weighted by Crippen LogP contribution is 2.61. The van der Waals surface area contributed by atoms with Crippen LogP contribution >= 0.6 is 45.2 Å². The fraction of sp³-hybridized carbons (Fsp3) is 1.00. The summed E-state index contributed by atoms with van der Waals surface area (Å²) in [5.41, 5.74) is 15.4. The van der Waals surface area contributed by atoms with Crippen molar-refractivity contribution in [2.75, 3.05) is 0 Å². The van der Waals surface area contributed by atoms with Crippen molar-refractivity contribution >= 4 is 45.2 Å². The number of rotatable bonds is 12. The molecule has 2 fully saturated rings. The van der Waals surface area contributed by atoms with E-state index in [2.05, 4.69) is 72.9 Å². The van der Waals surface area contributed by atoms with Gasteiger partial charge in [-0.3, -0.25) is 0 Å². The van der Waals surface area contributed by atoms with Crippen LogP contribution in [0.1, 0.15) is 137 Å². The van der Waals surface area contributed by atoms with Crippen LogP contribution in [0.2, 0.25) is 0 Å². The molecular formula is C27H52I2N2. The Labute approximate surface area is 221 Å². The first kappa shape index (κ1) is 28.6. The molecule has 2 aliphatic rings. The van der Waals surface area contributed by atoms with E-state index in [4.69, 9.17) is 11.5 Å². The van der Waals surface area contributed by atoms with E-state index in [0.717, 1.165) is 0 Å². The molecule has 0 bridgehead atoms. The van der Waals surface area contributed by atoms with Crippen LogP contribution in [0.3, 0.4) is 0 Å². The maximum absolute atomic E-state index is 7.38. The van der Waals surface area contributed by atoms with Crippen molar-refractivity contribution in [2.24, 2.45) is 34.1 Å². The second-order valence-corrected chi connectivity index (χ2v) is 14.8. The maximum Gasteiger partial charge on any atom is 0.0765 e. The van der Waals surface area contributed by atoms with E-state index in [1.54, 1.807) is 0 Å². The molecule has 2 saturated carbocycles. The van der Waals surface area contributed by atoms with Gasteiger partial charge < -0.3 is 11.5 Å². The highest BCUT2D eigenvalue weighted by Gasteiger charge is 2.57. The molecule has 0 aliphatic heterocycles. The molecule has 0 aromatic carbocycles. The zero-order valence-corrected chi connectivity index (χ0v) is 25.4. The van der Waals surface area contributed by atoms with Crippen LogP contribution in [-0.2, 0) is 0 Å². The molecule has 31 heavy (non-hydrogen) atoms. The molecule has 0 aromatic heterocycles. The van der Waals surface area contributed by atoms with Gasteiger partial charge in [0.05, 0.1) is 7.09 Å². The Morgan fingerprint density at radius 2 is 1.03 bits per heavy atom. The van der Waals surface area contributed by atoms with Crippen LogP contribution in [-0.4, -0.2) is 7.09 Å². The van der Waals surface area contributed by atoms with Crippen LogP contribution in [0.5, 0.6) is 0 Å². The van der Waals surface area contributed by atoms with Crippen molar-refractivity contribution in [1.29, 1.82) is 0 Å². The van der Waals surface area contributed by atoms with Gasteiger partial charge in [-0.25, -0.2) is 0 Å². The summed E-state index contributed by atoms with van der Waals surface area (Å²) in [6.45, 7) is 9.37. The molecule has 4 N–H and O–H groups in total. The van der Waals surface area contributed by atoms with Crippen molar-refractivity contribution in [3.8, 4) is 0 Å². The summed E-state index contributed by atoms with van der Waals surface area (Å²) in [5, 5.41) is 0. The molecule has 0 amide bonds. The van der Waals surface area contributed by atoms with Gasteiger partial charge >= 0.3 is 0 Å². The van der Waals surface area contributed by atoms with Gasteiger partial charge in [0.2, 0.25) is 0 Å². The molecule has 2 aliphatic carbocycles. The summed E-state index contributed by atoms with van der Waals surface area (Å²) in [7, 11) is 0. The third kappa shape index (κ3) is 5.97. The van der Waals surface area contributed by atoms with E-state index >= 15 is 0 Å². The summed E-state index contributed by atoms with van der Waals surface area (Å²) in [6.07, 6.45) is 22.1. The number of alkyl halides is 2. The highest BCUT2D eigenvalue weighted by atomic mass is 127. The molecule has 6 atom stereocenters. The van der Waals surface area contributed by atoms with E-state index in [0.29, 0.717) is 22.7 Å². The second kappa shape index (κ2) is 12.4. The Hall–Kier alpha value is 1.38. The Balaban J connectivity index is 2.28. The number of nitrogens with two attached hydrogens (primary N) is 2. The minimum atomic E-state index is -0.0881. The minimum absolute atomic E-state index is 0.0881. The van der Waals surface area contributed by atoms with Crippen LogP contribution in [0, 0.1) is 22.7 Å². The Kier molecular flexibility index (Phi) is 11.4. The first-order valence-electron chi connectivity index (χ1n) is 13.6. The van der Waals surface area contributed by atoms with Crippen LogP contribution < -0.4 is 11.5 Å². The molecule has 0 radical (unpaired) electrons. The quantitative estimate of drug-likeness (QED) is 0.125. The average molecular weight is 659 g/mol. The monoisotopic (exact) mass is 658 g/mol. The number of hydrogen-bond donors (Lipinski definition) is 2. The third-order valence-corrected chi connectivity index (χ3v) is 13.3. The molecule has 0 spiro atoms. The molecular weight excluding hydrogens is 606 g/mol. The average Bonchev–Trinajstić information content (AvgIpc) is 2.71. The highest BCUT2D eigenvalue weighted by molar-refractivity contribution is 14.1. The number of halogens is 2. The largest absolute Gasteiger partial charge is 0.316 e. The summed E-state index contributed by atoms with van der Waals surface area (Å²) in [6, 6.07) is 0. The van der Waals surface area contributed by atoms with Gasteiger partial charge in [-0.15, -0.1) is 0 Å². The lowest BCUT2D eigenvalue weighted by Crippen LogP contribution is -2.62. The summed E-state index contributed by atoms with van der Waals surface area (Å²) >= 11 is 5.44. The van der Waals surface area contributed by atoms with E-state index in [1.807, 2.05) is 0 Å². The number of hydrogen-bond acceptors (Lipinski definition) is 2. The van der Waals surface area contributed by atoms with Gasteiger partial charge in [0.1, 0.15) is 0 Å². The van der Waals surface area contributed by atoms with Crippen molar-refractivity contribution < 1.29 is 0 Å². The van der Waals surface area contributed by atoms with Crippen LogP contribution in [0.15, 0.2) is 0 Å². The van der Waals surface area contributed by atoms with Gasteiger partial charge in [-0.1, -0.05) is 124 Å². The van der Waals surface area contributed by atoms with E-state index in [9.17, 15) is 0 Å². The van der Waals surface area contributed by atoms with E-state index in [1.165, 1.54) is 109 Å². The predicted octanol–water partition coefficient (Wildman–Crippen LogP) is 9.11. The molecule has 184 valence electrons. The van der Waals surface area contributed by atoms with Gasteiger partial charge in [0.25, 0.3) is 0 Å². The minimum Gasteiger partial charge on any atom is -0.316 e. The topological polar surface area (TPSA) is 52.0 Å². The lowest BCUT2D eigenvalue weighted by atomic mass is 9.56. The Bertz CT molecular complexity index is 481. The smallest absolute Gasteiger partial charge is 0.0765 e. The Morgan fingerprint density at radius 3 is 1.35 bits per heavy atom. The third-order valence-electron chi connectivity index (χ3n) is 9.27. The van der Waals surface area contributed by atoms with Gasteiger partial charge in [0.15, 0.2) is 0 Å². The van der Waals surface area contributed by atoms with Gasteiger partial charge in [0, 0.05) is 0 Å². The summed E-state index contributed by atoms with van der Waals surface area (Å²) in [4.78, 5) is 0. The number of unbranched alkanes of at least 4 members (excludes halogenated alkanes) is 2.